The molecule has 2 N–H and O–H groups in total. The van der Waals surface area contributed by atoms with E-state index in [9.17, 15) is 8.42 Å². The Bertz CT molecular complexity index is 909. The Morgan fingerprint density at radius 3 is 2.50 bits per heavy atom. The zero-order valence-electron chi connectivity index (χ0n) is 14.9. The maximum atomic E-state index is 11.3. The number of hydrogen-bond acceptors (Lipinski definition) is 5. The maximum absolute atomic E-state index is 11.3. The number of sulfonamides is 1. The maximum Gasteiger partial charge on any atom is 0.209 e. The third kappa shape index (κ3) is 4.52. The highest BCUT2D eigenvalue weighted by Crippen LogP contribution is 2.32. The summed E-state index contributed by atoms with van der Waals surface area (Å²) in [6, 6.07) is 4.05. The topological polar surface area (TPSA) is 89.2 Å². The van der Waals surface area contributed by atoms with E-state index in [0.29, 0.717) is 5.02 Å². The van der Waals surface area contributed by atoms with Gasteiger partial charge in [0.1, 0.15) is 5.82 Å². The molecule has 1 aliphatic rings. The SMILES string of the molecule is Cc1cnc(-c2cc(N3CCC(CS(N)(=O)=O)CC3)ncc2Cl)c(C)c1. The van der Waals surface area contributed by atoms with E-state index in [-0.39, 0.29) is 11.7 Å². The van der Waals surface area contributed by atoms with Crippen LogP contribution in [0.5, 0.6) is 0 Å². The van der Waals surface area contributed by atoms with Crippen molar-refractivity contribution in [3.05, 3.63) is 40.7 Å². The van der Waals surface area contributed by atoms with Gasteiger partial charge in [0.2, 0.25) is 10.0 Å². The molecule has 3 rings (SSSR count). The lowest BCUT2D eigenvalue weighted by Gasteiger charge is -2.32. The molecule has 1 aliphatic heterocycles. The van der Waals surface area contributed by atoms with Gasteiger partial charge in [-0.25, -0.2) is 18.5 Å². The molecule has 0 radical (unpaired) electrons. The first-order chi connectivity index (χ1) is 12.2. The second-order valence-electron chi connectivity index (χ2n) is 6.96. The first-order valence-corrected chi connectivity index (χ1v) is 10.7. The highest BCUT2D eigenvalue weighted by Gasteiger charge is 2.24. The molecule has 0 amide bonds. The van der Waals surface area contributed by atoms with Crippen LogP contribution in [0, 0.1) is 19.8 Å². The Kier molecular flexibility index (Phi) is 5.50. The molecular weight excluding hydrogens is 372 g/mol. The van der Waals surface area contributed by atoms with Gasteiger partial charge in [-0.1, -0.05) is 17.7 Å². The zero-order valence-corrected chi connectivity index (χ0v) is 16.5. The fourth-order valence-corrected chi connectivity index (χ4v) is 4.62. The molecule has 0 saturated carbocycles. The van der Waals surface area contributed by atoms with E-state index in [1.165, 1.54) is 0 Å². The molecule has 0 aromatic carbocycles. The number of aromatic nitrogens is 2. The molecule has 0 spiro atoms. The summed E-state index contributed by atoms with van der Waals surface area (Å²) in [6.07, 6.45) is 5.04. The summed E-state index contributed by atoms with van der Waals surface area (Å²) < 4.78 is 22.6. The van der Waals surface area contributed by atoms with Crippen LogP contribution in [0.3, 0.4) is 0 Å². The number of pyridine rings is 2. The van der Waals surface area contributed by atoms with Gasteiger partial charge < -0.3 is 4.90 Å². The summed E-state index contributed by atoms with van der Waals surface area (Å²) >= 11 is 6.38. The molecule has 26 heavy (non-hydrogen) atoms. The number of nitrogens with two attached hydrogens (primary N) is 1. The van der Waals surface area contributed by atoms with E-state index >= 15 is 0 Å². The van der Waals surface area contributed by atoms with Gasteiger partial charge in [-0.05, 0) is 49.8 Å². The van der Waals surface area contributed by atoms with E-state index < -0.39 is 10.0 Å². The lowest BCUT2D eigenvalue weighted by atomic mass is 9.98. The average molecular weight is 395 g/mol. The third-order valence-electron chi connectivity index (χ3n) is 4.72. The first-order valence-electron chi connectivity index (χ1n) is 8.57. The largest absolute Gasteiger partial charge is 0.357 e. The minimum atomic E-state index is -3.42. The minimum absolute atomic E-state index is 0.0482. The number of anilines is 1. The molecule has 0 unspecified atom stereocenters. The fraction of sp³-hybridized carbons (Fsp3) is 0.444. The van der Waals surface area contributed by atoms with Crippen LogP contribution in [0.25, 0.3) is 11.3 Å². The van der Waals surface area contributed by atoms with Gasteiger partial charge in [0, 0.05) is 31.0 Å². The molecule has 140 valence electrons. The monoisotopic (exact) mass is 394 g/mol. The summed E-state index contributed by atoms with van der Waals surface area (Å²) in [4.78, 5) is 11.2. The van der Waals surface area contributed by atoms with Crippen LogP contribution in [-0.4, -0.2) is 37.2 Å². The predicted molar refractivity (Wildman–Crippen MR) is 105 cm³/mol. The second kappa shape index (κ2) is 7.50. The third-order valence-corrected chi connectivity index (χ3v) is 5.95. The molecular formula is C18H23ClN4O2S. The highest BCUT2D eigenvalue weighted by molar-refractivity contribution is 7.89. The van der Waals surface area contributed by atoms with E-state index in [2.05, 4.69) is 20.9 Å². The summed E-state index contributed by atoms with van der Waals surface area (Å²) in [7, 11) is -3.42. The lowest BCUT2D eigenvalue weighted by Crippen LogP contribution is -2.37. The van der Waals surface area contributed by atoms with Crippen molar-refractivity contribution < 1.29 is 8.42 Å². The number of piperidine rings is 1. The van der Waals surface area contributed by atoms with Gasteiger partial charge in [0.05, 0.1) is 16.5 Å². The van der Waals surface area contributed by atoms with Crippen LogP contribution in [-0.2, 0) is 10.0 Å². The van der Waals surface area contributed by atoms with Gasteiger partial charge in [-0.15, -0.1) is 0 Å². The fourth-order valence-electron chi connectivity index (χ4n) is 3.44. The Hall–Kier alpha value is -1.70. The molecule has 0 atom stereocenters. The molecule has 6 nitrogen and oxygen atoms in total. The van der Waals surface area contributed by atoms with E-state index in [1.807, 2.05) is 26.1 Å². The van der Waals surface area contributed by atoms with E-state index in [4.69, 9.17) is 16.7 Å². The molecule has 8 heteroatoms. The molecule has 1 fully saturated rings. The number of rotatable bonds is 4. The van der Waals surface area contributed by atoms with Crippen molar-refractivity contribution in [3.8, 4) is 11.3 Å². The van der Waals surface area contributed by atoms with Crippen LogP contribution in [0.1, 0.15) is 24.0 Å². The summed E-state index contributed by atoms with van der Waals surface area (Å²) in [5.74, 6) is 0.987. The van der Waals surface area contributed by atoms with Gasteiger partial charge in [-0.2, -0.15) is 0 Å². The summed E-state index contributed by atoms with van der Waals surface area (Å²) in [5, 5.41) is 5.73. The van der Waals surface area contributed by atoms with Gasteiger partial charge >= 0.3 is 0 Å². The summed E-state index contributed by atoms with van der Waals surface area (Å²) in [6.45, 7) is 5.52. The Labute approximate surface area is 159 Å². The Morgan fingerprint density at radius 2 is 1.88 bits per heavy atom. The molecule has 0 bridgehead atoms. The molecule has 2 aromatic rings. The Morgan fingerprint density at radius 1 is 1.19 bits per heavy atom. The first kappa shape index (κ1) is 19.1. The van der Waals surface area contributed by atoms with Gasteiger partial charge in [0.15, 0.2) is 0 Å². The van der Waals surface area contributed by atoms with E-state index in [1.54, 1.807) is 6.20 Å². The number of halogens is 1. The standard InChI is InChI=1S/C18H23ClN4O2S/c1-12-7-13(2)18(22-9-12)15-8-17(21-10-16(15)19)23-5-3-14(4-6-23)11-26(20,24)25/h7-10,14H,3-6,11H2,1-2H3,(H2,20,24,25). The lowest BCUT2D eigenvalue weighted by molar-refractivity contribution is 0.434. The number of nitrogens with zero attached hydrogens (tertiary/aromatic N) is 3. The van der Waals surface area contributed by atoms with Crippen LogP contribution in [0.15, 0.2) is 24.5 Å². The molecule has 0 aliphatic carbocycles. The van der Waals surface area contributed by atoms with Crippen LogP contribution in [0.2, 0.25) is 5.02 Å². The van der Waals surface area contributed by atoms with Crippen molar-refractivity contribution in [1.29, 1.82) is 0 Å². The predicted octanol–water partition coefficient (Wildman–Crippen LogP) is 2.92. The van der Waals surface area contributed by atoms with Crippen molar-refractivity contribution in [1.82, 2.24) is 9.97 Å². The number of aryl methyl sites for hydroxylation is 2. The quantitative estimate of drug-likeness (QED) is 0.861. The van der Waals surface area contributed by atoms with Crippen molar-refractivity contribution in [2.45, 2.75) is 26.7 Å². The van der Waals surface area contributed by atoms with E-state index in [0.717, 1.165) is 54.1 Å². The highest BCUT2D eigenvalue weighted by atomic mass is 35.5. The second-order valence-corrected chi connectivity index (χ2v) is 9.03. The smallest absolute Gasteiger partial charge is 0.209 e. The molecule has 2 aromatic heterocycles. The van der Waals surface area contributed by atoms with Crippen molar-refractivity contribution in [2.24, 2.45) is 11.1 Å². The zero-order chi connectivity index (χ0) is 18.9. The van der Waals surface area contributed by atoms with Crippen molar-refractivity contribution >= 4 is 27.4 Å². The Balaban J connectivity index is 1.80. The minimum Gasteiger partial charge on any atom is -0.357 e. The van der Waals surface area contributed by atoms with Crippen LogP contribution in [0.4, 0.5) is 5.82 Å². The van der Waals surface area contributed by atoms with Crippen LogP contribution < -0.4 is 10.0 Å². The van der Waals surface area contributed by atoms with Gasteiger partial charge in [0.25, 0.3) is 0 Å². The number of hydrogen-bond donors (Lipinski definition) is 1. The van der Waals surface area contributed by atoms with Gasteiger partial charge in [-0.3, -0.25) is 4.98 Å². The summed E-state index contributed by atoms with van der Waals surface area (Å²) in [5.41, 5.74) is 3.89. The van der Waals surface area contributed by atoms with Crippen LogP contribution >= 0.6 is 11.6 Å². The normalized spacial score (nSPS) is 16.1. The van der Waals surface area contributed by atoms with Crippen molar-refractivity contribution in [3.63, 3.8) is 0 Å². The molecule has 3 heterocycles. The van der Waals surface area contributed by atoms with Crippen molar-refractivity contribution in [2.75, 3.05) is 23.7 Å². The average Bonchev–Trinajstić information content (AvgIpc) is 2.55. The number of primary sulfonamides is 1. The molecule has 1 saturated heterocycles.